The Hall–Kier alpha value is -0.770. The molecule has 2 unspecified atom stereocenters. The van der Waals surface area contributed by atoms with E-state index in [4.69, 9.17) is 4.74 Å². The fourth-order valence-electron chi connectivity index (χ4n) is 3.85. The number of ether oxygens (including phenoxy) is 1. The molecule has 21 heavy (non-hydrogen) atoms. The van der Waals surface area contributed by atoms with Gasteiger partial charge in [0.25, 0.3) is 0 Å². The Morgan fingerprint density at radius 1 is 1.19 bits per heavy atom. The molecule has 122 valence electrons. The van der Waals surface area contributed by atoms with E-state index in [0.717, 1.165) is 38.5 Å². The summed E-state index contributed by atoms with van der Waals surface area (Å²) >= 11 is 0. The van der Waals surface area contributed by atoms with Gasteiger partial charge in [0.1, 0.15) is 6.10 Å². The first kappa shape index (κ1) is 16.6. The van der Waals surface area contributed by atoms with Crippen LogP contribution in [0.1, 0.15) is 65.7 Å². The highest BCUT2D eigenvalue weighted by atomic mass is 16.6. The second-order valence-corrected chi connectivity index (χ2v) is 7.37. The quantitative estimate of drug-likeness (QED) is 0.838. The average molecular weight is 297 g/mol. The molecule has 2 fully saturated rings. The zero-order valence-electron chi connectivity index (χ0n) is 13.7. The van der Waals surface area contributed by atoms with E-state index in [1.54, 1.807) is 0 Å². The van der Waals surface area contributed by atoms with Gasteiger partial charge >= 0.3 is 6.09 Å². The molecule has 4 heteroatoms. The average Bonchev–Trinajstić information content (AvgIpc) is 2.41. The van der Waals surface area contributed by atoms with Crippen LogP contribution in [0.5, 0.6) is 0 Å². The molecule has 2 rings (SSSR count). The summed E-state index contributed by atoms with van der Waals surface area (Å²) in [6.45, 7) is 6.65. The Bertz CT molecular complexity index is 345. The molecule has 2 aliphatic rings. The molecule has 5 atom stereocenters. The van der Waals surface area contributed by atoms with Crippen LogP contribution in [0.15, 0.2) is 0 Å². The fourth-order valence-corrected chi connectivity index (χ4v) is 3.85. The van der Waals surface area contributed by atoms with Crippen LogP contribution in [0.25, 0.3) is 0 Å². The van der Waals surface area contributed by atoms with Crippen LogP contribution < -0.4 is 5.32 Å². The number of aliphatic hydroxyl groups is 1. The van der Waals surface area contributed by atoms with Crippen molar-refractivity contribution in [3.8, 4) is 0 Å². The van der Waals surface area contributed by atoms with Gasteiger partial charge in [-0.1, -0.05) is 40.0 Å². The highest BCUT2D eigenvalue weighted by Gasteiger charge is 2.34. The lowest BCUT2D eigenvalue weighted by atomic mass is 9.75. The number of carbonyl (C=O) groups is 1. The third-order valence-corrected chi connectivity index (χ3v) is 5.25. The Kier molecular flexibility index (Phi) is 5.91. The van der Waals surface area contributed by atoms with Gasteiger partial charge in [0.05, 0.1) is 12.1 Å². The predicted molar refractivity (Wildman–Crippen MR) is 83.0 cm³/mol. The van der Waals surface area contributed by atoms with Crippen molar-refractivity contribution in [3.05, 3.63) is 0 Å². The van der Waals surface area contributed by atoms with Crippen molar-refractivity contribution in [2.45, 2.75) is 84.0 Å². The summed E-state index contributed by atoms with van der Waals surface area (Å²) in [6.07, 6.45) is 6.34. The van der Waals surface area contributed by atoms with Crippen molar-refractivity contribution in [2.24, 2.45) is 17.8 Å². The van der Waals surface area contributed by atoms with Gasteiger partial charge in [-0.25, -0.2) is 4.79 Å². The van der Waals surface area contributed by atoms with E-state index < -0.39 is 6.10 Å². The number of amides is 1. The van der Waals surface area contributed by atoms with Gasteiger partial charge in [-0.15, -0.1) is 0 Å². The normalized spacial score (nSPS) is 37.3. The summed E-state index contributed by atoms with van der Waals surface area (Å²) in [7, 11) is 0. The van der Waals surface area contributed by atoms with Crippen molar-refractivity contribution in [1.82, 2.24) is 5.32 Å². The molecule has 0 saturated heterocycles. The van der Waals surface area contributed by atoms with Gasteiger partial charge in [0, 0.05) is 0 Å². The highest BCUT2D eigenvalue weighted by molar-refractivity contribution is 5.68. The molecule has 2 saturated carbocycles. The largest absolute Gasteiger partial charge is 0.446 e. The standard InChI is InChI=1S/C17H31NO3/c1-11(2)13-9-8-12(3)10-16(13)21-17(20)18-14-6-4-5-7-15(14)19/h11-16,19H,4-10H2,1-3H3,(H,18,20)/t12-,13+,14?,15?,16-/m1/s1. The van der Waals surface area contributed by atoms with E-state index in [0.29, 0.717) is 17.8 Å². The Balaban J connectivity index is 1.87. The second-order valence-electron chi connectivity index (χ2n) is 7.37. The molecule has 0 aromatic rings. The van der Waals surface area contributed by atoms with Gasteiger partial charge < -0.3 is 15.2 Å². The topological polar surface area (TPSA) is 58.6 Å². The Morgan fingerprint density at radius 3 is 2.57 bits per heavy atom. The SMILES string of the molecule is CC(C)[C@@H]1CC[C@@H](C)C[C@H]1OC(=O)NC1CCCCC1O. The van der Waals surface area contributed by atoms with Crippen LogP contribution in [0.2, 0.25) is 0 Å². The molecular formula is C17H31NO3. The third-order valence-electron chi connectivity index (χ3n) is 5.25. The summed E-state index contributed by atoms with van der Waals surface area (Å²) in [5.41, 5.74) is 0. The smallest absolute Gasteiger partial charge is 0.407 e. The number of aliphatic hydroxyl groups excluding tert-OH is 1. The minimum atomic E-state index is -0.419. The van der Waals surface area contributed by atoms with E-state index in [-0.39, 0.29) is 18.2 Å². The molecular weight excluding hydrogens is 266 g/mol. The minimum absolute atomic E-state index is 0.0227. The van der Waals surface area contributed by atoms with E-state index >= 15 is 0 Å². The highest BCUT2D eigenvalue weighted by Crippen LogP contribution is 2.35. The van der Waals surface area contributed by atoms with E-state index in [2.05, 4.69) is 26.1 Å². The number of carbonyl (C=O) groups excluding carboxylic acids is 1. The lowest BCUT2D eigenvalue weighted by Gasteiger charge is -2.37. The fraction of sp³-hybridized carbons (Fsp3) is 0.941. The third kappa shape index (κ3) is 4.60. The van der Waals surface area contributed by atoms with Gasteiger partial charge in [-0.05, 0) is 43.4 Å². The minimum Gasteiger partial charge on any atom is -0.446 e. The van der Waals surface area contributed by atoms with Crippen molar-refractivity contribution in [1.29, 1.82) is 0 Å². The summed E-state index contributed by atoms with van der Waals surface area (Å²) in [5.74, 6) is 1.62. The van der Waals surface area contributed by atoms with Gasteiger partial charge in [-0.2, -0.15) is 0 Å². The van der Waals surface area contributed by atoms with Crippen LogP contribution in [-0.2, 0) is 4.74 Å². The molecule has 0 aromatic heterocycles. The summed E-state index contributed by atoms with van der Waals surface area (Å²) < 4.78 is 5.73. The lowest BCUT2D eigenvalue weighted by molar-refractivity contribution is -0.0000377. The molecule has 4 nitrogen and oxygen atoms in total. The maximum atomic E-state index is 12.2. The Labute approximate surface area is 128 Å². The van der Waals surface area contributed by atoms with E-state index in [1.165, 1.54) is 6.42 Å². The summed E-state index contributed by atoms with van der Waals surface area (Å²) in [5, 5.41) is 12.8. The van der Waals surface area contributed by atoms with Crippen molar-refractivity contribution < 1.29 is 14.6 Å². The number of rotatable bonds is 3. The number of hydrogen-bond acceptors (Lipinski definition) is 3. The molecule has 0 bridgehead atoms. The first-order valence-corrected chi connectivity index (χ1v) is 8.62. The molecule has 2 aliphatic carbocycles. The molecule has 0 radical (unpaired) electrons. The van der Waals surface area contributed by atoms with E-state index in [1.807, 2.05) is 0 Å². The van der Waals surface area contributed by atoms with E-state index in [9.17, 15) is 9.90 Å². The number of nitrogens with one attached hydrogen (secondary N) is 1. The molecule has 0 aliphatic heterocycles. The number of hydrogen-bond donors (Lipinski definition) is 2. The van der Waals surface area contributed by atoms with Gasteiger partial charge in [-0.3, -0.25) is 0 Å². The lowest BCUT2D eigenvalue weighted by Crippen LogP contribution is -2.47. The van der Waals surface area contributed by atoms with Crippen molar-refractivity contribution >= 4 is 6.09 Å². The summed E-state index contributed by atoms with van der Waals surface area (Å²) in [6, 6.07) is -0.134. The van der Waals surface area contributed by atoms with Crippen LogP contribution in [0.3, 0.4) is 0 Å². The van der Waals surface area contributed by atoms with Crippen LogP contribution >= 0.6 is 0 Å². The summed E-state index contributed by atoms with van der Waals surface area (Å²) in [4.78, 5) is 12.2. The monoisotopic (exact) mass is 297 g/mol. The van der Waals surface area contributed by atoms with Crippen molar-refractivity contribution in [3.63, 3.8) is 0 Å². The first-order chi connectivity index (χ1) is 9.97. The zero-order chi connectivity index (χ0) is 15.4. The maximum absolute atomic E-state index is 12.2. The van der Waals surface area contributed by atoms with Gasteiger partial charge in [0.15, 0.2) is 0 Å². The van der Waals surface area contributed by atoms with Crippen LogP contribution in [0, 0.1) is 17.8 Å². The first-order valence-electron chi connectivity index (χ1n) is 8.62. The van der Waals surface area contributed by atoms with Gasteiger partial charge in [0.2, 0.25) is 0 Å². The van der Waals surface area contributed by atoms with Crippen LogP contribution in [0.4, 0.5) is 4.79 Å². The molecule has 0 heterocycles. The second kappa shape index (κ2) is 7.48. The number of alkyl carbamates (subject to hydrolysis) is 1. The molecule has 0 aromatic carbocycles. The molecule has 2 N–H and O–H groups in total. The molecule has 1 amide bonds. The predicted octanol–water partition coefficient (Wildman–Crippen LogP) is 3.48. The van der Waals surface area contributed by atoms with Crippen molar-refractivity contribution in [2.75, 3.05) is 0 Å². The zero-order valence-corrected chi connectivity index (χ0v) is 13.7. The maximum Gasteiger partial charge on any atom is 0.407 e. The van der Waals surface area contributed by atoms with Crippen LogP contribution in [-0.4, -0.2) is 29.4 Å². The Morgan fingerprint density at radius 2 is 1.90 bits per heavy atom. The molecule has 0 spiro atoms.